The highest BCUT2D eigenvalue weighted by atomic mass is 35.5. The predicted molar refractivity (Wildman–Crippen MR) is 118 cm³/mol. The maximum Gasteiger partial charge on any atom is 0.329 e. The van der Waals surface area contributed by atoms with Gasteiger partial charge in [-0.25, -0.2) is 14.2 Å². The zero-order chi connectivity index (χ0) is 23.1. The summed E-state index contributed by atoms with van der Waals surface area (Å²) in [5, 5.41) is 6.52. The van der Waals surface area contributed by atoms with Crippen molar-refractivity contribution in [3.05, 3.63) is 94.5 Å². The summed E-state index contributed by atoms with van der Waals surface area (Å²) in [5.74, 6) is -2.33. The van der Waals surface area contributed by atoms with Gasteiger partial charge in [0.2, 0.25) is 0 Å². The predicted octanol–water partition coefficient (Wildman–Crippen LogP) is 4.68. The summed E-state index contributed by atoms with van der Waals surface area (Å²) in [4.78, 5) is 23.8. The summed E-state index contributed by atoms with van der Waals surface area (Å²) >= 11 is 5.98. The number of ether oxygens (including phenoxy) is 1. The molecule has 0 spiro atoms. The van der Waals surface area contributed by atoms with Gasteiger partial charge < -0.3 is 10.1 Å². The maximum absolute atomic E-state index is 13.8. The number of benzene rings is 3. The van der Waals surface area contributed by atoms with Crippen LogP contribution in [0.5, 0.6) is 5.75 Å². The minimum Gasteiger partial charge on any atom is -0.489 e. The van der Waals surface area contributed by atoms with Crippen molar-refractivity contribution >= 4 is 34.8 Å². The van der Waals surface area contributed by atoms with E-state index in [1.165, 1.54) is 24.3 Å². The van der Waals surface area contributed by atoms with Crippen molar-refractivity contribution < 1.29 is 23.1 Å². The largest absolute Gasteiger partial charge is 0.489 e. The number of amides is 2. The number of hydrogen-bond donors (Lipinski definition) is 2. The van der Waals surface area contributed by atoms with E-state index >= 15 is 0 Å². The lowest BCUT2D eigenvalue weighted by Gasteiger charge is -2.09. The zero-order valence-corrected chi connectivity index (χ0v) is 17.6. The Balaban J connectivity index is 1.55. The van der Waals surface area contributed by atoms with Crippen molar-refractivity contribution in [2.45, 2.75) is 13.5 Å². The first-order valence-corrected chi connectivity index (χ1v) is 9.78. The Kier molecular flexibility index (Phi) is 7.51. The third-order valence-electron chi connectivity index (χ3n) is 4.35. The topological polar surface area (TPSA) is 79.8 Å². The van der Waals surface area contributed by atoms with Crippen LogP contribution in [0.1, 0.15) is 18.1 Å². The molecule has 0 bridgehead atoms. The first-order valence-electron chi connectivity index (χ1n) is 9.41. The van der Waals surface area contributed by atoms with E-state index in [-0.39, 0.29) is 22.9 Å². The first-order chi connectivity index (χ1) is 15.3. The van der Waals surface area contributed by atoms with Crippen molar-refractivity contribution in [2.24, 2.45) is 5.10 Å². The average molecular weight is 458 g/mol. The van der Waals surface area contributed by atoms with Crippen LogP contribution in [0.4, 0.5) is 14.5 Å². The first kappa shape index (κ1) is 22.9. The quantitative estimate of drug-likeness (QED) is 0.320. The second-order valence-electron chi connectivity index (χ2n) is 6.61. The summed E-state index contributed by atoms with van der Waals surface area (Å²) in [6.07, 6.45) is 0. The maximum atomic E-state index is 13.8. The highest BCUT2D eigenvalue weighted by Gasteiger charge is 2.13. The van der Waals surface area contributed by atoms with Crippen LogP contribution < -0.4 is 15.5 Å². The van der Waals surface area contributed by atoms with Gasteiger partial charge in [-0.15, -0.1) is 0 Å². The lowest BCUT2D eigenvalue weighted by molar-refractivity contribution is -0.136. The number of hydrazone groups is 1. The van der Waals surface area contributed by atoms with E-state index in [0.717, 1.165) is 12.1 Å². The van der Waals surface area contributed by atoms with E-state index in [1.807, 2.05) is 0 Å². The molecule has 0 aromatic heterocycles. The van der Waals surface area contributed by atoms with Gasteiger partial charge in [0.05, 0.1) is 10.7 Å². The minimum atomic E-state index is -0.976. The minimum absolute atomic E-state index is 0.0306. The molecule has 164 valence electrons. The van der Waals surface area contributed by atoms with Crippen molar-refractivity contribution in [3.8, 4) is 5.75 Å². The summed E-state index contributed by atoms with van der Waals surface area (Å²) < 4.78 is 32.3. The number of hydrogen-bond acceptors (Lipinski definition) is 4. The molecule has 0 aliphatic carbocycles. The normalized spacial score (nSPS) is 11.1. The highest BCUT2D eigenvalue weighted by molar-refractivity contribution is 6.39. The molecule has 2 N–H and O–H groups in total. The molecule has 3 rings (SSSR count). The molecule has 0 fully saturated rings. The van der Waals surface area contributed by atoms with Crippen LogP contribution in [-0.4, -0.2) is 17.5 Å². The van der Waals surface area contributed by atoms with E-state index in [4.69, 9.17) is 16.3 Å². The van der Waals surface area contributed by atoms with Gasteiger partial charge >= 0.3 is 11.8 Å². The van der Waals surface area contributed by atoms with Gasteiger partial charge in [-0.2, -0.15) is 5.10 Å². The molecule has 0 unspecified atom stereocenters. The SMILES string of the molecule is C/C(=N\NC(=O)C(=O)Nc1ccc(F)cc1)c1ccc(OCc2c(F)cccc2Cl)cc1. The molecule has 0 radical (unpaired) electrons. The molecule has 3 aromatic carbocycles. The van der Waals surface area contributed by atoms with Crippen LogP contribution in [-0.2, 0) is 16.2 Å². The molecule has 0 heterocycles. The van der Waals surface area contributed by atoms with E-state index in [0.29, 0.717) is 17.0 Å². The standard InChI is InChI=1S/C23H18ClF2N3O3/c1-14(28-29-23(31)22(30)27-17-9-7-16(25)8-10-17)15-5-11-18(12-6-15)32-13-19-20(24)3-2-4-21(19)26/h2-12H,13H2,1H3,(H,27,30)(H,29,31)/b28-14+. The van der Waals surface area contributed by atoms with Crippen LogP contribution in [0.2, 0.25) is 5.02 Å². The number of nitrogens with one attached hydrogen (secondary N) is 2. The number of carbonyl (C=O) groups is 2. The highest BCUT2D eigenvalue weighted by Crippen LogP contribution is 2.22. The van der Waals surface area contributed by atoms with Crippen molar-refractivity contribution in [1.82, 2.24) is 5.43 Å². The monoisotopic (exact) mass is 457 g/mol. The second-order valence-corrected chi connectivity index (χ2v) is 7.02. The Hall–Kier alpha value is -3.78. The van der Waals surface area contributed by atoms with E-state index in [9.17, 15) is 18.4 Å². The summed E-state index contributed by atoms with van der Waals surface area (Å²) in [6.45, 7) is 1.62. The van der Waals surface area contributed by atoms with Gasteiger partial charge in [0.1, 0.15) is 24.0 Å². The Morgan fingerprint density at radius 1 is 0.969 bits per heavy atom. The Labute approximate surface area is 187 Å². The Morgan fingerprint density at radius 2 is 1.66 bits per heavy atom. The third-order valence-corrected chi connectivity index (χ3v) is 4.70. The molecule has 9 heteroatoms. The van der Waals surface area contributed by atoms with Gasteiger partial charge in [-0.1, -0.05) is 17.7 Å². The Morgan fingerprint density at radius 3 is 2.31 bits per heavy atom. The molecule has 32 heavy (non-hydrogen) atoms. The molecule has 0 atom stereocenters. The fraction of sp³-hybridized carbons (Fsp3) is 0.0870. The van der Waals surface area contributed by atoms with Gasteiger partial charge in [0, 0.05) is 11.3 Å². The molecule has 0 saturated carbocycles. The molecule has 0 aliphatic heterocycles. The fourth-order valence-corrected chi connectivity index (χ4v) is 2.81. The smallest absolute Gasteiger partial charge is 0.329 e. The van der Waals surface area contributed by atoms with Crippen LogP contribution in [0, 0.1) is 11.6 Å². The number of rotatable bonds is 6. The number of halogens is 3. The van der Waals surface area contributed by atoms with Gasteiger partial charge in [0.25, 0.3) is 0 Å². The second kappa shape index (κ2) is 10.5. The van der Waals surface area contributed by atoms with Crippen LogP contribution in [0.15, 0.2) is 71.8 Å². The van der Waals surface area contributed by atoms with Crippen LogP contribution in [0.25, 0.3) is 0 Å². The van der Waals surface area contributed by atoms with Crippen LogP contribution in [0.3, 0.4) is 0 Å². The van der Waals surface area contributed by atoms with Gasteiger partial charge in [-0.05, 0) is 73.2 Å². The number of carbonyl (C=O) groups excluding carboxylic acids is 2. The van der Waals surface area contributed by atoms with Gasteiger partial charge in [0.15, 0.2) is 0 Å². The molecule has 0 saturated heterocycles. The number of anilines is 1. The summed E-state index contributed by atoms with van der Waals surface area (Å²) in [6, 6.07) is 16.1. The van der Waals surface area contributed by atoms with Gasteiger partial charge in [-0.3, -0.25) is 9.59 Å². The van der Waals surface area contributed by atoms with Crippen molar-refractivity contribution in [2.75, 3.05) is 5.32 Å². The molecule has 2 amide bonds. The molecular formula is C23H18ClF2N3O3. The van der Waals surface area contributed by atoms with E-state index < -0.39 is 23.4 Å². The zero-order valence-electron chi connectivity index (χ0n) is 16.9. The molecule has 6 nitrogen and oxygen atoms in total. The average Bonchev–Trinajstić information content (AvgIpc) is 2.78. The molecule has 0 aliphatic rings. The Bertz CT molecular complexity index is 1130. The van der Waals surface area contributed by atoms with E-state index in [2.05, 4.69) is 15.8 Å². The molecule has 3 aromatic rings. The molecular weight excluding hydrogens is 440 g/mol. The lowest BCUT2D eigenvalue weighted by atomic mass is 10.1. The van der Waals surface area contributed by atoms with Crippen molar-refractivity contribution in [3.63, 3.8) is 0 Å². The lowest BCUT2D eigenvalue weighted by Crippen LogP contribution is -2.32. The fourth-order valence-electron chi connectivity index (χ4n) is 2.59. The number of nitrogens with zero attached hydrogens (tertiary/aromatic N) is 1. The summed E-state index contributed by atoms with van der Waals surface area (Å²) in [5.41, 5.74) is 3.81. The van der Waals surface area contributed by atoms with Crippen LogP contribution >= 0.6 is 11.6 Å². The third kappa shape index (κ3) is 6.12. The summed E-state index contributed by atoms with van der Waals surface area (Å²) in [7, 11) is 0. The van der Waals surface area contributed by atoms with Crippen molar-refractivity contribution in [1.29, 1.82) is 0 Å². The van der Waals surface area contributed by atoms with E-state index in [1.54, 1.807) is 37.3 Å².